The summed E-state index contributed by atoms with van der Waals surface area (Å²) in [6.07, 6.45) is -6.55. The van der Waals surface area contributed by atoms with Crippen molar-refractivity contribution in [3.05, 3.63) is 51.6 Å². The number of esters is 1. The molecule has 2 aromatic rings. The summed E-state index contributed by atoms with van der Waals surface area (Å²) in [5, 5.41) is 44.9. The van der Waals surface area contributed by atoms with Gasteiger partial charge in [0.15, 0.2) is 30.4 Å². The third-order valence-electron chi connectivity index (χ3n) is 12.4. The zero-order valence-electron chi connectivity index (χ0n) is 33.2. The summed E-state index contributed by atoms with van der Waals surface area (Å²) in [6.45, 7) is 6.79. The summed E-state index contributed by atoms with van der Waals surface area (Å²) in [6, 6.07) is 3.05. The van der Waals surface area contributed by atoms with Crippen molar-refractivity contribution in [1.82, 2.24) is 4.90 Å². The Labute approximate surface area is 334 Å². The summed E-state index contributed by atoms with van der Waals surface area (Å²) < 4.78 is 49.3. The number of rotatable bonds is 6. The van der Waals surface area contributed by atoms with Crippen molar-refractivity contribution >= 4 is 23.3 Å². The van der Waals surface area contributed by atoms with Crippen LogP contribution in [0.5, 0.6) is 17.2 Å². The number of nitrogens with zero attached hydrogens (tertiary/aromatic N) is 1. The molecule has 0 radical (unpaired) electrons. The molecule has 14 atom stereocenters. The second-order valence-electron chi connectivity index (χ2n) is 16.6. The maximum Gasteiger partial charge on any atom is 0.316 e. The third-order valence-corrected chi connectivity index (χ3v) is 12.4. The minimum absolute atomic E-state index is 0.0106. The number of carbonyl (C=O) groups excluding carboxylic acids is 4. The molecule has 8 rings (SSSR count). The Hall–Kier alpha value is -4.04. The summed E-state index contributed by atoms with van der Waals surface area (Å²) >= 11 is 0. The van der Waals surface area contributed by atoms with Gasteiger partial charge in [0.05, 0.1) is 53.8 Å². The van der Waals surface area contributed by atoms with E-state index in [4.69, 9.17) is 37.9 Å². The zero-order chi connectivity index (χ0) is 41.7. The SMILES string of the molecule is COC(=O)[C@@H]1c2cc3c(c(O)c2[C@@H](OC2CC(N(C)C)C(OC4CC5OC6CC(=O)C(C)OC6OC5C(C)O4)C(C)O2)C[C@@]1(C)O)C(=O)c1c(O)ccc(O)c1C3=O. The topological polar surface area (TPSA) is 226 Å². The molecule has 2 aliphatic carbocycles. The van der Waals surface area contributed by atoms with Gasteiger partial charge in [0.1, 0.15) is 47.6 Å². The van der Waals surface area contributed by atoms with E-state index in [0.717, 1.165) is 19.2 Å². The molecular weight excluding hydrogens is 762 g/mol. The molecule has 58 heavy (non-hydrogen) atoms. The van der Waals surface area contributed by atoms with Crippen LogP contribution in [0.1, 0.15) is 108 Å². The first kappa shape index (κ1) is 40.7. The fourth-order valence-electron chi connectivity index (χ4n) is 9.56. The van der Waals surface area contributed by atoms with Gasteiger partial charge in [0, 0.05) is 42.9 Å². The standard InChI is InChI=1S/C41H49NO16/c1-15-23(45)12-25-40(54-15)58-38-17(3)53-28(13-24(38)55-25)57-37-16(2)52-27(11-20(37)42(5)6)56-26-14-41(4,50)33(39(49)51-7)18-10-19-30(35(47)29(18)26)36(48)32-22(44)9-8-21(43)31(32)34(19)46/h8-10,15-17,20,24-28,33,37-38,40,43-44,47,50H,11-14H2,1-7H3/t15?,16?,17?,20?,24?,25?,26-,27?,28?,33-,37?,38?,40?,41+/m0/s1. The van der Waals surface area contributed by atoms with Crippen molar-refractivity contribution < 1.29 is 77.5 Å². The van der Waals surface area contributed by atoms with Crippen molar-refractivity contribution in [3.8, 4) is 17.2 Å². The Kier molecular flexibility index (Phi) is 10.5. The first-order chi connectivity index (χ1) is 27.4. The van der Waals surface area contributed by atoms with Crippen molar-refractivity contribution in [2.24, 2.45) is 0 Å². The number of fused-ring (bicyclic) bond motifs is 5. The number of phenols is 3. The Bertz CT molecular complexity index is 2030. The lowest BCUT2D eigenvalue weighted by Gasteiger charge is -2.51. The van der Waals surface area contributed by atoms with Crippen molar-refractivity contribution in [2.45, 2.75) is 139 Å². The normalized spacial score (nSPS) is 38.3. The number of benzene rings is 2. The highest BCUT2D eigenvalue weighted by molar-refractivity contribution is 6.31. The molecule has 4 saturated heterocycles. The van der Waals surface area contributed by atoms with E-state index in [9.17, 15) is 39.6 Å². The van der Waals surface area contributed by atoms with Crippen LogP contribution in [0.3, 0.4) is 0 Å². The largest absolute Gasteiger partial charge is 0.507 e. The van der Waals surface area contributed by atoms with E-state index in [1.807, 2.05) is 32.8 Å². The number of likely N-dealkylation sites (N-methyl/N-ethyl adjacent to an activating group) is 1. The molecule has 4 N–H and O–H groups in total. The molecule has 2 aromatic carbocycles. The number of hydrogen-bond donors (Lipinski definition) is 4. The number of aromatic hydroxyl groups is 3. The molecule has 0 aromatic heterocycles. The van der Waals surface area contributed by atoms with Crippen LogP contribution in [0.25, 0.3) is 0 Å². The maximum atomic E-state index is 13.9. The maximum absolute atomic E-state index is 13.9. The molecule has 11 unspecified atom stereocenters. The lowest BCUT2D eigenvalue weighted by molar-refractivity contribution is -0.371. The molecule has 0 amide bonds. The number of ketones is 3. The Balaban J connectivity index is 1.06. The van der Waals surface area contributed by atoms with Gasteiger partial charge in [-0.15, -0.1) is 0 Å². The lowest BCUT2D eigenvalue weighted by Crippen LogP contribution is -2.62. The fourth-order valence-corrected chi connectivity index (χ4v) is 9.56. The molecule has 0 spiro atoms. The van der Waals surface area contributed by atoms with Gasteiger partial charge in [0.2, 0.25) is 5.78 Å². The van der Waals surface area contributed by atoms with E-state index in [2.05, 4.69) is 0 Å². The van der Waals surface area contributed by atoms with E-state index < -0.39 is 131 Å². The number of aliphatic hydroxyl groups is 1. The van der Waals surface area contributed by atoms with Crippen molar-refractivity contribution in [3.63, 3.8) is 0 Å². The zero-order valence-corrected chi connectivity index (χ0v) is 33.2. The second-order valence-corrected chi connectivity index (χ2v) is 16.6. The minimum atomic E-state index is -1.84. The highest BCUT2D eigenvalue weighted by atomic mass is 16.8. The van der Waals surface area contributed by atoms with Crippen LogP contribution in [0, 0.1) is 0 Å². The van der Waals surface area contributed by atoms with Crippen LogP contribution in [-0.4, -0.2) is 143 Å². The van der Waals surface area contributed by atoms with Gasteiger partial charge in [-0.3, -0.25) is 19.2 Å². The third kappa shape index (κ3) is 6.70. The predicted molar refractivity (Wildman–Crippen MR) is 196 cm³/mol. The van der Waals surface area contributed by atoms with Crippen LogP contribution < -0.4 is 0 Å². The van der Waals surface area contributed by atoms with Gasteiger partial charge in [0.25, 0.3) is 0 Å². The van der Waals surface area contributed by atoms with E-state index in [1.54, 1.807) is 6.92 Å². The Morgan fingerprint density at radius 3 is 2.17 bits per heavy atom. The number of phenolic OH excluding ortho intramolecular Hbond substituents is 3. The number of Topliss-reactive ketones (excluding diaryl/α,β-unsaturated/α-hetero) is 1. The van der Waals surface area contributed by atoms with Crippen LogP contribution in [0.15, 0.2) is 18.2 Å². The summed E-state index contributed by atoms with van der Waals surface area (Å²) in [7, 11) is 4.89. The van der Waals surface area contributed by atoms with Crippen molar-refractivity contribution in [1.29, 1.82) is 0 Å². The number of ether oxygens (including phenoxy) is 8. The van der Waals surface area contributed by atoms with Gasteiger partial charge < -0.3 is 63.2 Å². The molecule has 0 bridgehead atoms. The highest BCUT2D eigenvalue weighted by Crippen LogP contribution is 2.53. The van der Waals surface area contributed by atoms with E-state index >= 15 is 0 Å². The molecule has 4 heterocycles. The monoisotopic (exact) mass is 811 g/mol. The fraction of sp³-hybridized carbons (Fsp3) is 0.610. The van der Waals surface area contributed by atoms with Crippen LogP contribution >= 0.6 is 0 Å². The summed E-state index contributed by atoms with van der Waals surface area (Å²) in [5.74, 6) is -5.94. The molecule has 17 heteroatoms. The first-order valence-electron chi connectivity index (χ1n) is 19.5. The molecule has 6 aliphatic rings. The number of methoxy groups -OCH3 is 1. The van der Waals surface area contributed by atoms with Gasteiger partial charge in [-0.2, -0.15) is 0 Å². The molecule has 0 saturated carbocycles. The molecule has 314 valence electrons. The van der Waals surface area contributed by atoms with E-state index in [1.165, 1.54) is 13.0 Å². The summed E-state index contributed by atoms with van der Waals surface area (Å²) in [5.41, 5.74) is -3.60. The van der Waals surface area contributed by atoms with E-state index in [-0.39, 0.29) is 47.8 Å². The minimum Gasteiger partial charge on any atom is -0.507 e. The number of carbonyl (C=O) groups is 4. The highest BCUT2D eigenvalue weighted by Gasteiger charge is 2.54. The van der Waals surface area contributed by atoms with Gasteiger partial charge in [-0.25, -0.2) is 0 Å². The predicted octanol–water partition coefficient (Wildman–Crippen LogP) is 2.49. The molecular formula is C41H49NO16. The molecule has 17 nitrogen and oxygen atoms in total. The second kappa shape index (κ2) is 14.9. The Morgan fingerprint density at radius 1 is 0.845 bits per heavy atom. The van der Waals surface area contributed by atoms with Crippen LogP contribution in [0.4, 0.5) is 0 Å². The van der Waals surface area contributed by atoms with Gasteiger partial charge in [-0.1, -0.05) is 0 Å². The quantitative estimate of drug-likeness (QED) is 0.207. The smallest absolute Gasteiger partial charge is 0.316 e. The van der Waals surface area contributed by atoms with Crippen LogP contribution in [0.2, 0.25) is 0 Å². The number of hydrogen-bond acceptors (Lipinski definition) is 17. The van der Waals surface area contributed by atoms with Gasteiger partial charge >= 0.3 is 5.97 Å². The van der Waals surface area contributed by atoms with Crippen molar-refractivity contribution in [2.75, 3.05) is 21.2 Å². The molecule has 4 aliphatic heterocycles. The average molecular weight is 812 g/mol. The first-order valence-corrected chi connectivity index (χ1v) is 19.5. The van der Waals surface area contributed by atoms with Gasteiger partial charge in [-0.05, 0) is 65.6 Å². The lowest BCUT2D eigenvalue weighted by atomic mass is 9.68. The molecule has 4 fully saturated rings. The summed E-state index contributed by atoms with van der Waals surface area (Å²) in [4.78, 5) is 55.4. The van der Waals surface area contributed by atoms with E-state index in [0.29, 0.717) is 6.42 Å². The average Bonchev–Trinajstić information content (AvgIpc) is 3.14. The van der Waals surface area contributed by atoms with Crippen LogP contribution in [-0.2, 0) is 47.5 Å². The Morgan fingerprint density at radius 2 is 1.50 bits per heavy atom.